The first kappa shape index (κ1) is 25.5. The molecule has 0 amide bonds. The molecule has 4 rings (SSSR count). The summed E-state index contributed by atoms with van der Waals surface area (Å²) < 4.78 is 9.64. The zero-order valence-electron chi connectivity index (χ0n) is 21.7. The van der Waals surface area contributed by atoms with E-state index in [-0.39, 0.29) is 0 Å². The summed E-state index contributed by atoms with van der Waals surface area (Å²) >= 11 is 3.73. The molecule has 1 heterocycles. The summed E-state index contributed by atoms with van der Waals surface area (Å²) in [6.45, 7) is 15.5. The minimum Gasteiger partial charge on any atom is -0.492 e. The van der Waals surface area contributed by atoms with E-state index < -0.39 is 0 Å². The third-order valence-electron chi connectivity index (χ3n) is 6.72. The number of aromatic nitrogens is 2. The first-order valence-corrected chi connectivity index (χ1v) is 13.2. The molecule has 0 spiro atoms. The van der Waals surface area contributed by atoms with E-state index in [1.165, 1.54) is 16.7 Å². The van der Waals surface area contributed by atoms with Crippen LogP contribution < -0.4 is 4.74 Å². The third kappa shape index (κ3) is 5.79. The van der Waals surface area contributed by atoms with E-state index in [2.05, 4.69) is 115 Å². The summed E-state index contributed by atoms with van der Waals surface area (Å²) in [6, 6.07) is 22.2. The second-order valence-corrected chi connectivity index (χ2v) is 10.7. The number of nitrogens with zero attached hydrogens (tertiary/aromatic N) is 3. The molecular formula is C30H36BrN3O. The average molecular weight is 535 g/mol. The highest BCUT2D eigenvalue weighted by Crippen LogP contribution is 2.31. The minimum atomic E-state index is 0.493. The monoisotopic (exact) mass is 533 g/mol. The molecule has 0 atom stereocenters. The SMILES string of the molecule is Cc1ccc(-c2nc3ccc(OCCN(C(C)C)C(C)C)cc3n2Cc2ccccc2Br)cc1C. The molecule has 5 heteroatoms. The van der Waals surface area contributed by atoms with E-state index in [1.54, 1.807) is 0 Å². The van der Waals surface area contributed by atoms with Crippen molar-refractivity contribution in [2.75, 3.05) is 13.2 Å². The minimum absolute atomic E-state index is 0.493. The Kier molecular flexibility index (Phi) is 7.98. The fourth-order valence-electron chi connectivity index (χ4n) is 4.63. The molecule has 3 aromatic carbocycles. The molecule has 0 fully saturated rings. The maximum Gasteiger partial charge on any atom is 0.141 e. The van der Waals surface area contributed by atoms with Crippen molar-refractivity contribution in [1.82, 2.24) is 14.5 Å². The Labute approximate surface area is 218 Å². The van der Waals surface area contributed by atoms with Gasteiger partial charge in [0.2, 0.25) is 0 Å². The molecule has 35 heavy (non-hydrogen) atoms. The lowest BCUT2D eigenvalue weighted by atomic mass is 10.1. The van der Waals surface area contributed by atoms with E-state index >= 15 is 0 Å². The van der Waals surface area contributed by atoms with Gasteiger partial charge in [-0.25, -0.2) is 4.98 Å². The molecule has 0 saturated carbocycles. The van der Waals surface area contributed by atoms with Gasteiger partial charge in [0.1, 0.15) is 18.2 Å². The summed E-state index contributed by atoms with van der Waals surface area (Å²) in [5.41, 5.74) is 6.95. The summed E-state index contributed by atoms with van der Waals surface area (Å²) in [4.78, 5) is 7.51. The van der Waals surface area contributed by atoms with Crippen molar-refractivity contribution >= 4 is 27.0 Å². The summed E-state index contributed by atoms with van der Waals surface area (Å²) in [6.07, 6.45) is 0. The van der Waals surface area contributed by atoms with Crippen LogP contribution in [0.4, 0.5) is 0 Å². The molecule has 0 bridgehead atoms. The van der Waals surface area contributed by atoms with Crippen molar-refractivity contribution in [3.8, 4) is 17.1 Å². The van der Waals surface area contributed by atoms with Crippen molar-refractivity contribution in [3.05, 3.63) is 81.8 Å². The van der Waals surface area contributed by atoms with Gasteiger partial charge in [-0.3, -0.25) is 4.90 Å². The Bertz CT molecular complexity index is 1300. The highest BCUT2D eigenvalue weighted by atomic mass is 79.9. The summed E-state index contributed by atoms with van der Waals surface area (Å²) in [5.74, 6) is 1.85. The Morgan fingerprint density at radius 2 is 1.66 bits per heavy atom. The van der Waals surface area contributed by atoms with Gasteiger partial charge in [-0.1, -0.05) is 46.3 Å². The van der Waals surface area contributed by atoms with Crippen molar-refractivity contribution in [2.24, 2.45) is 0 Å². The first-order chi connectivity index (χ1) is 16.7. The molecule has 0 aliphatic heterocycles. The van der Waals surface area contributed by atoms with Crippen molar-refractivity contribution in [3.63, 3.8) is 0 Å². The lowest BCUT2D eigenvalue weighted by molar-refractivity contribution is 0.142. The van der Waals surface area contributed by atoms with Gasteiger partial charge in [-0.15, -0.1) is 0 Å². The fourth-order valence-corrected chi connectivity index (χ4v) is 5.04. The van der Waals surface area contributed by atoms with E-state index in [9.17, 15) is 0 Å². The number of rotatable bonds is 9. The van der Waals surface area contributed by atoms with Crippen LogP contribution in [0.25, 0.3) is 22.4 Å². The van der Waals surface area contributed by atoms with Gasteiger partial charge in [-0.2, -0.15) is 0 Å². The molecule has 0 saturated heterocycles. The Hall–Kier alpha value is -2.63. The predicted molar refractivity (Wildman–Crippen MR) is 150 cm³/mol. The predicted octanol–water partition coefficient (Wildman–Crippen LogP) is 7.63. The molecule has 0 unspecified atom stereocenters. The van der Waals surface area contributed by atoms with Crippen LogP contribution in [0.3, 0.4) is 0 Å². The van der Waals surface area contributed by atoms with Crippen LogP contribution in [0.5, 0.6) is 5.75 Å². The van der Waals surface area contributed by atoms with Crippen LogP contribution in [0.2, 0.25) is 0 Å². The maximum atomic E-state index is 6.23. The quantitative estimate of drug-likeness (QED) is 0.221. The van der Waals surface area contributed by atoms with E-state index in [0.29, 0.717) is 18.7 Å². The number of halogens is 1. The molecule has 0 aliphatic rings. The Balaban J connectivity index is 1.71. The molecule has 0 aliphatic carbocycles. The standard InChI is InChI=1S/C30H36BrN3O/c1-20(2)33(21(3)4)15-16-35-26-13-14-28-29(18-26)34(19-25-9-7-8-10-27(25)31)30(32-28)24-12-11-22(5)23(6)17-24/h7-14,17-18,20-21H,15-16,19H2,1-6H3. The van der Waals surface area contributed by atoms with Gasteiger partial charge in [0, 0.05) is 34.7 Å². The Morgan fingerprint density at radius 3 is 2.34 bits per heavy atom. The van der Waals surface area contributed by atoms with Crippen LogP contribution in [0.1, 0.15) is 44.4 Å². The van der Waals surface area contributed by atoms with Crippen LogP contribution in [0.15, 0.2) is 65.1 Å². The van der Waals surface area contributed by atoms with Crippen LogP contribution >= 0.6 is 15.9 Å². The number of aryl methyl sites for hydroxylation is 2. The molecule has 184 valence electrons. The topological polar surface area (TPSA) is 30.3 Å². The molecular weight excluding hydrogens is 498 g/mol. The average Bonchev–Trinajstić information content (AvgIpc) is 3.17. The first-order valence-electron chi connectivity index (χ1n) is 12.4. The lowest BCUT2D eigenvalue weighted by Gasteiger charge is -2.30. The van der Waals surface area contributed by atoms with Crippen LogP contribution in [-0.2, 0) is 6.54 Å². The second-order valence-electron chi connectivity index (χ2n) is 9.84. The Morgan fingerprint density at radius 1 is 0.914 bits per heavy atom. The van der Waals surface area contributed by atoms with Crippen LogP contribution in [-0.4, -0.2) is 39.7 Å². The highest BCUT2D eigenvalue weighted by Gasteiger charge is 2.17. The van der Waals surface area contributed by atoms with Crippen molar-refractivity contribution in [2.45, 2.75) is 60.2 Å². The van der Waals surface area contributed by atoms with Gasteiger partial charge in [-0.05, 0) is 82.5 Å². The summed E-state index contributed by atoms with van der Waals surface area (Å²) in [5, 5.41) is 0. The number of imidazole rings is 1. The van der Waals surface area contributed by atoms with Gasteiger partial charge in [0.15, 0.2) is 0 Å². The molecule has 4 nitrogen and oxygen atoms in total. The van der Waals surface area contributed by atoms with Gasteiger partial charge in [0.25, 0.3) is 0 Å². The smallest absolute Gasteiger partial charge is 0.141 e. The maximum absolute atomic E-state index is 6.23. The number of ether oxygens (including phenoxy) is 1. The van der Waals surface area contributed by atoms with Gasteiger partial charge in [0.05, 0.1) is 17.6 Å². The zero-order chi connectivity index (χ0) is 25.1. The number of benzene rings is 3. The van der Waals surface area contributed by atoms with Gasteiger partial charge >= 0.3 is 0 Å². The van der Waals surface area contributed by atoms with E-state index in [0.717, 1.165) is 45.7 Å². The number of hydrogen-bond donors (Lipinski definition) is 0. The third-order valence-corrected chi connectivity index (χ3v) is 7.49. The second kappa shape index (κ2) is 11.0. The largest absolute Gasteiger partial charge is 0.492 e. The van der Waals surface area contributed by atoms with Gasteiger partial charge < -0.3 is 9.30 Å². The molecule has 4 aromatic rings. The van der Waals surface area contributed by atoms with E-state index in [1.807, 2.05) is 12.1 Å². The number of fused-ring (bicyclic) bond motifs is 1. The number of hydrogen-bond acceptors (Lipinski definition) is 3. The van der Waals surface area contributed by atoms with Crippen molar-refractivity contribution < 1.29 is 4.74 Å². The highest BCUT2D eigenvalue weighted by molar-refractivity contribution is 9.10. The molecule has 0 N–H and O–H groups in total. The fraction of sp³-hybridized carbons (Fsp3) is 0.367. The molecule has 0 radical (unpaired) electrons. The molecule has 1 aromatic heterocycles. The van der Waals surface area contributed by atoms with Crippen LogP contribution in [0, 0.1) is 13.8 Å². The lowest BCUT2D eigenvalue weighted by Crippen LogP contribution is -2.39. The zero-order valence-corrected chi connectivity index (χ0v) is 23.3. The normalized spacial score (nSPS) is 11.8. The van der Waals surface area contributed by atoms with E-state index in [4.69, 9.17) is 9.72 Å². The summed E-state index contributed by atoms with van der Waals surface area (Å²) in [7, 11) is 0. The van der Waals surface area contributed by atoms with Crippen molar-refractivity contribution in [1.29, 1.82) is 0 Å².